The summed E-state index contributed by atoms with van der Waals surface area (Å²) in [4.78, 5) is 47.7. The number of carbonyl (C=O) groups excluding carboxylic acids is 2. The maximum Gasteiger partial charge on any atom is 0.332 e. The average Bonchev–Trinajstić information content (AvgIpc) is 2.74. The van der Waals surface area contributed by atoms with Crippen LogP contribution in [0.2, 0.25) is 0 Å². The third-order valence-corrected chi connectivity index (χ3v) is 4.86. The Balaban J connectivity index is 2.50. The Labute approximate surface area is 186 Å². The van der Waals surface area contributed by atoms with Gasteiger partial charge in [0.2, 0.25) is 11.8 Å². The van der Waals surface area contributed by atoms with E-state index in [-0.39, 0.29) is 35.8 Å². The molecule has 0 saturated carbocycles. The van der Waals surface area contributed by atoms with Crippen LogP contribution in [0, 0.1) is 0 Å². The molecule has 32 heavy (non-hydrogen) atoms. The molecule has 8 nitrogen and oxygen atoms in total. The monoisotopic (exact) mass is 438 g/mol. The standard InChI is InChI=1S/C24H26N2O6/c1-15(27)25-21(17-9-5-3-6-10-17)13-19(23(29)30)20(24(31)32)14-22(26-16(2)28)18-11-7-4-8-12-18/h3-12,21-22H,13-14H2,1-2H3,(H,25,27)(H,26,28)(H,29,30)(H,31,32)/t21-,22-/m1/s1. The Kier molecular flexibility index (Phi) is 8.71. The number of carboxylic acids is 2. The van der Waals surface area contributed by atoms with Gasteiger partial charge in [-0.2, -0.15) is 0 Å². The molecule has 0 aliphatic carbocycles. The van der Waals surface area contributed by atoms with E-state index in [2.05, 4.69) is 10.6 Å². The Hall–Kier alpha value is -3.94. The van der Waals surface area contributed by atoms with Crippen molar-refractivity contribution in [2.24, 2.45) is 0 Å². The fraction of sp³-hybridized carbons (Fsp3) is 0.250. The molecule has 0 aromatic heterocycles. The zero-order chi connectivity index (χ0) is 23.7. The Morgan fingerprint density at radius 2 is 0.969 bits per heavy atom. The quantitative estimate of drug-likeness (QED) is 0.422. The number of amides is 2. The van der Waals surface area contributed by atoms with Crippen molar-refractivity contribution in [3.8, 4) is 0 Å². The zero-order valence-electron chi connectivity index (χ0n) is 17.9. The molecule has 0 unspecified atom stereocenters. The first kappa shape index (κ1) is 24.3. The van der Waals surface area contributed by atoms with Crippen LogP contribution in [0.1, 0.15) is 49.9 Å². The third-order valence-electron chi connectivity index (χ3n) is 4.86. The van der Waals surface area contributed by atoms with Gasteiger partial charge in [-0.3, -0.25) is 9.59 Å². The van der Waals surface area contributed by atoms with Gasteiger partial charge in [0.25, 0.3) is 0 Å². The molecule has 2 rings (SSSR count). The molecule has 2 atom stereocenters. The van der Waals surface area contributed by atoms with Crippen LogP contribution in [-0.2, 0) is 19.2 Å². The Bertz CT molecular complexity index is 920. The molecule has 8 heteroatoms. The topological polar surface area (TPSA) is 133 Å². The molecule has 0 heterocycles. The minimum absolute atomic E-state index is 0.234. The van der Waals surface area contributed by atoms with Gasteiger partial charge in [-0.05, 0) is 11.1 Å². The van der Waals surface area contributed by atoms with Gasteiger partial charge in [-0.15, -0.1) is 0 Å². The number of aliphatic carboxylic acids is 2. The molecule has 0 aliphatic rings. The Morgan fingerprint density at radius 3 is 1.22 bits per heavy atom. The average molecular weight is 438 g/mol. The van der Waals surface area contributed by atoms with Crippen molar-refractivity contribution in [2.75, 3.05) is 0 Å². The van der Waals surface area contributed by atoms with E-state index in [1.165, 1.54) is 13.8 Å². The molecule has 0 saturated heterocycles. The van der Waals surface area contributed by atoms with E-state index >= 15 is 0 Å². The maximum atomic E-state index is 12.1. The van der Waals surface area contributed by atoms with E-state index in [0.717, 1.165) is 0 Å². The van der Waals surface area contributed by atoms with Crippen LogP contribution >= 0.6 is 0 Å². The molecular weight excluding hydrogens is 412 g/mol. The predicted molar refractivity (Wildman–Crippen MR) is 118 cm³/mol. The van der Waals surface area contributed by atoms with Crippen LogP contribution in [0.25, 0.3) is 0 Å². The summed E-state index contributed by atoms with van der Waals surface area (Å²) < 4.78 is 0. The molecule has 2 aromatic carbocycles. The molecule has 0 aliphatic heterocycles. The summed E-state index contributed by atoms with van der Waals surface area (Å²) in [5.41, 5.74) is 0.609. The fourth-order valence-corrected chi connectivity index (χ4v) is 3.45. The highest BCUT2D eigenvalue weighted by Gasteiger charge is 2.28. The van der Waals surface area contributed by atoms with Crippen molar-refractivity contribution in [3.05, 3.63) is 82.9 Å². The van der Waals surface area contributed by atoms with Crippen molar-refractivity contribution in [3.63, 3.8) is 0 Å². The highest BCUT2D eigenvalue weighted by molar-refractivity contribution is 5.99. The first-order valence-electron chi connectivity index (χ1n) is 10.0. The summed E-state index contributed by atoms with van der Waals surface area (Å²) in [5, 5.41) is 25.1. The summed E-state index contributed by atoms with van der Waals surface area (Å²) in [6, 6.07) is 16.0. The van der Waals surface area contributed by atoms with Gasteiger partial charge >= 0.3 is 11.9 Å². The van der Waals surface area contributed by atoms with Gasteiger partial charge in [-0.25, -0.2) is 9.59 Å². The number of hydrogen-bond acceptors (Lipinski definition) is 4. The number of rotatable bonds is 10. The molecule has 2 amide bonds. The number of hydrogen-bond donors (Lipinski definition) is 4. The van der Waals surface area contributed by atoms with E-state index in [1.54, 1.807) is 60.7 Å². The fourth-order valence-electron chi connectivity index (χ4n) is 3.45. The lowest BCUT2D eigenvalue weighted by atomic mass is 9.90. The second-order valence-corrected chi connectivity index (χ2v) is 7.30. The van der Waals surface area contributed by atoms with Crippen LogP contribution in [0.5, 0.6) is 0 Å². The van der Waals surface area contributed by atoms with Crippen LogP contribution in [-0.4, -0.2) is 34.0 Å². The first-order valence-corrected chi connectivity index (χ1v) is 10.0. The molecule has 0 radical (unpaired) electrons. The number of carboxylic acid groups (broad SMARTS) is 2. The van der Waals surface area contributed by atoms with Gasteiger partial charge in [0.15, 0.2) is 0 Å². The summed E-state index contributed by atoms with van der Waals surface area (Å²) >= 11 is 0. The second-order valence-electron chi connectivity index (χ2n) is 7.30. The first-order chi connectivity index (χ1) is 15.2. The Morgan fingerprint density at radius 1 is 0.656 bits per heavy atom. The van der Waals surface area contributed by atoms with Crippen LogP contribution in [0.4, 0.5) is 0 Å². The molecule has 168 valence electrons. The smallest absolute Gasteiger partial charge is 0.332 e. The number of nitrogens with one attached hydrogen (secondary N) is 2. The van der Waals surface area contributed by atoms with Crippen molar-refractivity contribution >= 4 is 23.8 Å². The summed E-state index contributed by atoms with van der Waals surface area (Å²) in [6.07, 6.45) is -0.468. The normalized spacial score (nSPS) is 13.3. The van der Waals surface area contributed by atoms with Crippen LogP contribution in [0.3, 0.4) is 0 Å². The van der Waals surface area contributed by atoms with Crippen LogP contribution in [0.15, 0.2) is 71.8 Å². The highest BCUT2D eigenvalue weighted by Crippen LogP contribution is 2.29. The summed E-state index contributed by atoms with van der Waals surface area (Å²) in [6.45, 7) is 2.61. The largest absolute Gasteiger partial charge is 0.478 e. The van der Waals surface area contributed by atoms with E-state index in [4.69, 9.17) is 0 Å². The maximum absolute atomic E-state index is 12.1. The third kappa shape index (κ3) is 7.09. The lowest BCUT2D eigenvalue weighted by Crippen LogP contribution is -2.30. The van der Waals surface area contributed by atoms with Crippen molar-refractivity contribution in [1.82, 2.24) is 10.6 Å². The van der Waals surface area contributed by atoms with Gasteiger partial charge in [0.05, 0.1) is 12.1 Å². The van der Waals surface area contributed by atoms with Crippen molar-refractivity contribution in [2.45, 2.75) is 38.8 Å². The van der Waals surface area contributed by atoms with Gasteiger partial charge in [0.1, 0.15) is 0 Å². The van der Waals surface area contributed by atoms with Gasteiger partial charge in [-0.1, -0.05) is 60.7 Å². The lowest BCUT2D eigenvalue weighted by molar-refractivity contribution is -0.136. The number of carbonyl (C=O) groups is 4. The van der Waals surface area contributed by atoms with Gasteiger partial charge < -0.3 is 20.8 Å². The number of benzene rings is 2. The minimum atomic E-state index is -1.40. The molecule has 0 bridgehead atoms. The summed E-state index contributed by atoms with van der Waals surface area (Å²) in [5.74, 6) is -3.55. The van der Waals surface area contributed by atoms with Crippen molar-refractivity contribution in [1.29, 1.82) is 0 Å². The molecule has 4 N–H and O–H groups in total. The predicted octanol–water partition coefficient (Wildman–Crippen LogP) is 2.99. The second kappa shape index (κ2) is 11.5. The molecular formula is C24H26N2O6. The summed E-state index contributed by atoms with van der Waals surface area (Å²) in [7, 11) is 0. The molecule has 0 fully saturated rings. The van der Waals surface area contributed by atoms with E-state index in [9.17, 15) is 29.4 Å². The SMILES string of the molecule is CC(=O)N[C@H](CC(C(=O)O)=C(C[C@@H](NC(C)=O)c1ccccc1)C(=O)O)c1ccccc1. The van der Waals surface area contributed by atoms with E-state index < -0.39 is 24.0 Å². The highest BCUT2D eigenvalue weighted by atomic mass is 16.4. The minimum Gasteiger partial charge on any atom is -0.478 e. The van der Waals surface area contributed by atoms with Crippen molar-refractivity contribution < 1.29 is 29.4 Å². The lowest BCUT2D eigenvalue weighted by Gasteiger charge is -2.22. The molecule has 0 spiro atoms. The van der Waals surface area contributed by atoms with Gasteiger partial charge in [0, 0.05) is 37.8 Å². The van der Waals surface area contributed by atoms with Crippen LogP contribution < -0.4 is 10.6 Å². The zero-order valence-corrected chi connectivity index (χ0v) is 17.9. The molecule has 2 aromatic rings. The van der Waals surface area contributed by atoms with E-state index in [0.29, 0.717) is 11.1 Å². The van der Waals surface area contributed by atoms with E-state index in [1.807, 2.05) is 0 Å².